The second kappa shape index (κ2) is 10.8. The van der Waals surface area contributed by atoms with Gasteiger partial charge in [0.15, 0.2) is 5.96 Å². The smallest absolute Gasteiger partial charge is 0.188 e. The van der Waals surface area contributed by atoms with Crippen molar-refractivity contribution in [3.05, 3.63) is 29.8 Å². The molecule has 20 heavy (non-hydrogen) atoms. The second-order valence-corrected chi connectivity index (χ2v) is 5.00. The van der Waals surface area contributed by atoms with Crippen LogP contribution in [0.15, 0.2) is 29.3 Å². The normalized spacial score (nSPS) is 11.1. The SMILES string of the molecule is COc1cccc(CCCNC(N)=NCC(C)C)c1.I. The molecule has 5 heteroatoms. The van der Waals surface area contributed by atoms with Gasteiger partial charge in [0, 0.05) is 13.1 Å². The minimum atomic E-state index is 0. The molecule has 1 aromatic rings. The van der Waals surface area contributed by atoms with Gasteiger partial charge in [0.05, 0.1) is 7.11 Å². The standard InChI is InChI=1S/C15H25N3O.HI/c1-12(2)11-18-15(16)17-9-5-7-13-6-4-8-14(10-13)19-3;/h4,6,8,10,12H,5,7,9,11H2,1-3H3,(H3,16,17,18);1H. The molecular weight excluding hydrogens is 365 g/mol. The van der Waals surface area contributed by atoms with Gasteiger partial charge in [-0.05, 0) is 36.5 Å². The molecule has 4 nitrogen and oxygen atoms in total. The van der Waals surface area contributed by atoms with E-state index in [0.29, 0.717) is 11.9 Å². The Bertz CT molecular complexity index is 408. The van der Waals surface area contributed by atoms with Gasteiger partial charge in [-0.3, -0.25) is 4.99 Å². The Morgan fingerprint density at radius 2 is 2.15 bits per heavy atom. The lowest BCUT2D eigenvalue weighted by Gasteiger charge is -2.07. The quantitative estimate of drug-likeness (QED) is 0.325. The predicted octanol–water partition coefficient (Wildman–Crippen LogP) is 2.81. The van der Waals surface area contributed by atoms with Crippen LogP contribution in [0.3, 0.4) is 0 Å². The molecule has 0 saturated carbocycles. The summed E-state index contributed by atoms with van der Waals surface area (Å²) in [7, 11) is 1.69. The number of aliphatic imine (C=N–C) groups is 1. The molecule has 3 N–H and O–H groups in total. The van der Waals surface area contributed by atoms with Crippen LogP contribution >= 0.6 is 24.0 Å². The largest absolute Gasteiger partial charge is 0.497 e. The summed E-state index contributed by atoms with van der Waals surface area (Å²) in [4.78, 5) is 4.26. The Kier molecular flexibility index (Phi) is 10.2. The molecule has 0 unspecified atom stereocenters. The van der Waals surface area contributed by atoms with Gasteiger partial charge in [-0.1, -0.05) is 26.0 Å². The van der Waals surface area contributed by atoms with Crippen molar-refractivity contribution in [3.63, 3.8) is 0 Å². The van der Waals surface area contributed by atoms with E-state index in [1.807, 2.05) is 12.1 Å². The molecule has 0 spiro atoms. The average Bonchev–Trinajstić information content (AvgIpc) is 2.41. The van der Waals surface area contributed by atoms with E-state index >= 15 is 0 Å². The summed E-state index contributed by atoms with van der Waals surface area (Å²) in [5, 5.41) is 3.13. The first-order valence-electron chi connectivity index (χ1n) is 6.78. The van der Waals surface area contributed by atoms with Crippen molar-refractivity contribution < 1.29 is 4.74 Å². The fourth-order valence-corrected chi connectivity index (χ4v) is 1.67. The lowest BCUT2D eigenvalue weighted by molar-refractivity contribution is 0.414. The number of nitrogens with two attached hydrogens (primary N) is 1. The molecule has 0 fully saturated rings. The Hall–Kier alpha value is -0.980. The molecule has 0 saturated heterocycles. The Labute approximate surface area is 139 Å². The fraction of sp³-hybridized carbons (Fsp3) is 0.533. The molecule has 114 valence electrons. The van der Waals surface area contributed by atoms with Crippen LogP contribution in [0.5, 0.6) is 5.75 Å². The van der Waals surface area contributed by atoms with E-state index in [4.69, 9.17) is 10.5 Å². The van der Waals surface area contributed by atoms with Crippen LogP contribution in [-0.2, 0) is 6.42 Å². The van der Waals surface area contributed by atoms with Crippen LogP contribution in [0.25, 0.3) is 0 Å². The van der Waals surface area contributed by atoms with Crippen molar-refractivity contribution in [2.45, 2.75) is 26.7 Å². The molecule has 0 heterocycles. The molecule has 0 amide bonds. The molecule has 0 radical (unpaired) electrons. The number of nitrogens with one attached hydrogen (secondary N) is 1. The number of halogens is 1. The maximum absolute atomic E-state index is 5.77. The first kappa shape index (κ1) is 19.0. The van der Waals surface area contributed by atoms with Crippen molar-refractivity contribution >= 4 is 29.9 Å². The van der Waals surface area contributed by atoms with Crippen LogP contribution in [0.2, 0.25) is 0 Å². The Morgan fingerprint density at radius 1 is 1.40 bits per heavy atom. The number of guanidine groups is 1. The van der Waals surface area contributed by atoms with Crippen molar-refractivity contribution in [1.82, 2.24) is 5.32 Å². The van der Waals surface area contributed by atoms with E-state index in [9.17, 15) is 0 Å². The number of nitrogens with zero attached hydrogens (tertiary/aromatic N) is 1. The van der Waals surface area contributed by atoms with Gasteiger partial charge in [-0.25, -0.2) is 0 Å². The summed E-state index contributed by atoms with van der Waals surface area (Å²) in [6.07, 6.45) is 2.02. The molecule has 1 aromatic carbocycles. The molecular formula is C15H26IN3O. The molecule has 0 aliphatic carbocycles. The molecule has 0 aliphatic rings. The average molecular weight is 391 g/mol. The van der Waals surface area contributed by atoms with Crippen LogP contribution in [0.1, 0.15) is 25.8 Å². The Balaban J connectivity index is 0.00000361. The van der Waals surface area contributed by atoms with Crippen molar-refractivity contribution in [3.8, 4) is 5.75 Å². The summed E-state index contributed by atoms with van der Waals surface area (Å²) < 4.78 is 5.20. The number of hydrogen-bond acceptors (Lipinski definition) is 2. The topological polar surface area (TPSA) is 59.6 Å². The summed E-state index contributed by atoms with van der Waals surface area (Å²) in [6.45, 7) is 5.86. The van der Waals surface area contributed by atoms with Crippen LogP contribution in [0, 0.1) is 5.92 Å². The fourth-order valence-electron chi connectivity index (χ4n) is 1.67. The maximum atomic E-state index is 5.77. The van der Waals surface area contributed by atoms with E-state index < -0.39 is 0 Å². The second-order valence-electron chi connectivity index (χ2n) is 5.00. The highest BCUT2D eigenvalue weighted by atomic mass is 127. The first-order chi connectivity index (χ1) is 9.11. The summed E-state index contributed by atoms with van der Waals surface area (Å²) >= 11 is 0. The van der Waals surface area contributed by atoms with Crippen LogP contribution in [0.4, 0.5) is 0 Å². The lowest BCUT2D eigenvalue weighted by Crippen LogP contribution is -2.33. The van der Waals surface area contributed by atoms with Gasteiger partial charge in [-0.15, -0.1) is 24.0 Å². The predicted molar refractivity (Wildman–Crippen MR) is 96.1 cm³/mol. The third-order valence-electron chi connectivity index (χ3n) is 2.71. The third kappa shape index (κ3) is 8.24. The van der Waals surface area contributed by atoms with Crippen LogP contribution < -0.4 is 15.8 Å². The van der Waals surface area contributed by atoms with E-state index in [1.54, 1.807) is 7.11 Å². The molecule has 0 bridgehead atoms. The molecule has 0 atom stereocenters. The van der Waals surface area contributed by atoms with E-state index in [1.165, 1.54) is 5.56 Å². The lowest BCUT2D eigenvalue weighted by atomic mass is 10.1. The zero-order valence-corrected chi connectivity index (χ0v) is 14.9. The van der Waals surface area contributed by atoms with Gasteiger partial charge >= 0.3 is 0 Å². The number of methoxy groups -OCH3 is 1. The number of rotatable bonds is 7. The maximum Gasteiger partial charge on any atom is 0.188 e. The van der Waals surface area contributed by atoms with Gasteiger partial charge < -0.3 is 15.8 Å². The summed E-state index contributed by atoms with van der Waals surface area (Å²) in [5.41, 5.74) is 7.04. The van der Waals surface area contributed by atoms with E-state index in [2.05, 4.69) is 36.3 Å². The third-order valence-corrected chi connectivity index (χ3v) is 2.71. The Morgan fingerprint density at radius 3 is 2.80 bits per heavy atom. The summed E-state index contributed by atoms with van der Waals surface area (Å²) in [6, 6.07) is 8.15. The highest BCUT2D eigenvalue weighted by Gasteiger charge is 1.97. The molecule has 1 rings (SSSR count). The van der Waals surface area contributed by atoms with Crippen molar-refractivity contribution in [2.75, 3.05) is 20.2 Å². The number of benzene rings is 1. The summed E-state index contributed by atoms with van der Waals surface area (Å²) in [5.74, 6) is 1.99. The van der Waals surface area contributed by atoms with Crippen LogP contribution in [-0.4, -0.2) is 26.2 Å². The highest BCUT2D eigenvalue weighted by molar-refractivity contribution is 14.0. The van der Waals surface area contributed by atoms with E-state index in [0.717, 1.165) is 31.7 Å². The van der Waals surface area contributed by atoms with Crippen molar-refractivity contribution in [2.24, 2.45) is 16.6 Å². The first-order valence-corrected chi connectivity index (χ1v) is 6.78. The number of hydrogen-bond donors (Lipinski definition) is 2. The number of aryl methyl sites for hydroxylation is 1. The van der Waals surface area contributed by atoms with Gasteiger partial charge in [-0.2, -0.15) is 0 Å². The molecule has 0 aliphatic heterocycles. The van der Waals surface area contributed by atoms with Gasteiger partial charge in [0.25, 0.3) is 0 Å². The number of ether oxygens (including phenoxy) is 1. The highest BCUT2D eigenvalue weighted by Crippen LogP contribution is 2.13. The molecule has 0 aromatic heterocycles. The monoisotopic (exact) mass is 391 g/mol. The minimum Gasteiger partial charge on any atom is -0.497 e. The van der Waals surface area contributed by atoms with Crippen molar-refractivity contribution in [1.29, 1.82) is 0 Å². The zero-order chi connectivity index (χ0) is 14.1. The van der Waals surface area contributed by atoms with Gasteiger partial charge in [0.1, 0.15) is 5.75 Å². The van der Waals surface area contributed by atoms with E-state index in [-0.39, 0.29) is 24.0 Å². The van der Waals surface area contributed by atoms with Gasteiger partial charge in [0.2, 0.25) is 0 Å². The zero-order valence-electron chi connectivity index (χ0n) is 12.6. The minimum absolute atomic E-state index is 0.